The van der Waals surface area contributed by atoms with Gasteiger partial charge >= 0.3 is 0 Å². The van der Waals surface area contributed by atoms with Crippen LogP contribution in [-0.4, -0.2) is 64.0 Å². The van der Waals surface area contributed by atoms with Crippen LogP contribution in [0.4, 0.5) is 0 Å². The maximum absolute atomic E-state index is 13.8. The lowest BCUT2D eigenvalue weighted by atomic mass is 9.95. The number of ether oxygens (including phenoxy) is 1. The third-order valence-electron chi connectivity index (χ3n) is 6.75. The number of nitrogens with zero attached hydrogens (tertiary/aromatic N) is 3. The number of nitrogens with one attached hydrogen (secondary N) is 1. The molecule has 8 heteroatoms. The van der Waals surface area contributed by atoms with Crippen LogP contribution in [0.15, 0.2) is 48.8 Å². The van der Waals surface area contributed by atoms with Crippen LogP contribution in [0.5, 0.6) is 0 Å². The average Bonchev–Trinajstić information content (AvgIpc) is 3.21. The second-order valence-electron chi connectivity index (χ2n) is 9.87. The third-order valence-corrected chi connectivity index (χ3v) is 6.75. The standard InChI is InChI=1S/C27H34N4O4/c1-19(2)15-24(32)30-13-10-27(11-14-30)31(26(34)22-8-6-20(3)7-9-22)23(18-35-27)25(33)29-17-21-5-4-12-28-16-21/h4-9,12,16,19,23H,10-11,13-15,17-18H2,1-3H3,(H,29,33). The van der Waals surface area contributed by atoms with E-state index in [0.717, 1.165) is 11.1 Å². The zero-order chi connectivity index (χ0) is 25.0. The number of carbonyl (C=O) groups excluding carboxylic acids is 3. The number of benzene rings is 1. The van der Waals surface area contributed by atoms with Crippen LogP contribution in [0, 0.1) is 12.8 Å². The van der Waals surface area contributed by atoms with Gasteiger partial charge in [-0.15, -0.1) is 0 Å². The van der Waals surface area contributed by atoms with Crippen LogP contribution in [0.2, 0.25) is 0 Å². The van der Waals surface area contributed by atoms with Crippen molar-refractivity contribution < 1.29 is 19.1 Å². The van der Waals surface area contributed by atoms with Gasteiger partial charge < -0.3 is 15.0 Å². The first-order chi connectivity index (χ1) is 16.8. The Kier molecular flexibility index (Phi) is 7.50. The zero-order valence-electron chi connectivity index (χ0n) is 20.7. The largest absolute Gasteiger partial charge is 0.353 e. The molecule has 3 amide bonds. The Morgan fingerprint density at radius 3 is 2.49 bits per heavy atom. The minimum Gasteiger partial charge on any atom is -0.353 e. The molecule has 2 aromatic rings. The lowest BCUT2D eigenvalue weighted by Crippen LogP contribution is -2.59. The first-order valence-corrected chi connectivity index (χ1v) is 12.3. The minimum atomic E-state index is -0.910. The Morgan fingerprint density at radius 2 is 1.86 bits per heavy atom. The first-order valence-electron chi connectivity index (χ1n) is 12.3. The second kappa shape index (κ2) is 10.6. The van der Waals surface area contributed by atoms with Crippen LogP contribution in [-0.2, 0) is 20.9 Å². The van der Waals surface area contributed by atoms with Gasteiger partial charge in [0.15, 0.2) is 0 Å². The summed E-state index contributed by atoms with van der Waals surface area (Å²) in [6.45, 7) is 7.45. The zero-order valence-corrected chi connectivity index (χ0v) is 20.7. The van der Waals surface area contributed by atoms with E-state index in [1.807, 2.05) is 49.9 Å². The molecule has 8 nitrogen and oxygen atoms in total. The smallest absolute Gasteiger partial charge is 0.256 e. The van der Waals surface area contributed by atoms with Gasteiger partial charge in [0.05, 0.1) is 6.61 Å². The monoisotopic (exact) mass is 478 g/mol. The summed E-state index contributed by atoms with van der Waals surface area (Å²) >= 11 is 0. The fourth-order valence-corrected chi connectivity index (χ4v) is 4.80. The van der Waals surface area contributed by atoms with Crippen molar-refractivity contribution in [2.45, 2.75) is 58.3 Å². The van der Waals surface area contributed by atoms with Gasteiger partial charge in [-0.2, -0.15) is 0 Å². The highest BCUT2D eigenvalue weighted by molar-refractivity contribution is 5.98. The highest BCUT2D eigenvalue weighted by Crippen LogP contribution is 2.38. The summed E-state index contributed by atoms with van der Waals surface area (Å²) < 4.78 is 6.25. The summed E-state index contributed by atoms with van der Waals surface area (Å²) in [4.78, 5) is 47.2. The third kappa shape index (κ3) is 5.53. The number of aryl methyl sites for hydroxylation is 1. The molecule has 186 valence electrons. The topological polar surface area (TPSA) is 91.8 Å². The number of amides is 3. The van der Waals surface area contributed by atoms with E-state index in [1.165, 1.54) is 0 Å². The van der Waals surface area contributed by atoms with E-state index >= 15 is 0 Å². The maximum Gasteiger partial charge on any atom is 0.256 e. The number of aromatic nitrogens is 1. The van der Waals surface area contributed by atoms with Gasteiger partial charge in [0.2, 0.25) is 11.8 Å². The summed E-state index contributed by atoms with van der Waals surface area (Å²) in [6, 6.07) is 10.3. The Morgan fingerprint density at radius 1 is 1.14 bits per heavy atom. The molecule has 3 heterocycles. The maximum atomic E-state index is 13.8. The fraction of sp³-hybridized carbons (Fsp3) is 0.481. The molecule has 4 rings (SSSR count). The van der Waals surface area contributed by atoms with Crippen molar-refractivity contribution in [1.29, 1.82) is 0 Å². The summed E-state index contributed by atoms with van der Waals surface area (Å²) in [7, 11) is 0. The van der Waals surface area contributed by atoms with Crippen molar-refractivity contribution >= 4 is 17.7 Å². The van der Waals surface area contributed by atoms with E-state index in [4.69, 9.17) is 4.74 Å². The summed E-state index contributed by atoms with van der Waals surface area (Å²) in [5.74, 6) is -0.0841. The minimum absolute atomic E-state index is 0.120. The van der Waals surface area contributed by atoms with Crippen LogP contribution >= 0.6 is 0 Å². The normalized spacial score (nSPS) is 19.3. The molecule has 35 heavy (non-hydrogen) atoms. The van der Waals surface area contributed by atoms with Gasteiger partial charge in [0.1, 0.15) is 11.8 Å². The number of hydrogen-bond acceptors (Lipinski definition) is 5. The molecule has 0 radical (unpaired) electrons. The molecule has 1 spiro atoms. The second-order valence-corrected chi connectivity index (χ2v) is 9.87. The van der Waals surface area contributed by atoms with Crippen molar-refractivity contribution in [2.75, 3.05) is 19.7 Å². The van der Waals surface area contributed by atoms with Gasteiger partial charge in [-0.1, -0.05) is 37.6 Å². The Hall–Kier alpha value is -3.26. The Balaban J connectivity index is 1.54. The average molecular weight is 479 g/mol. The lowest BCUT2D eigenvalue weighted by molar-refractivity contribution is -0.144. The number of pyridine rings is 1. The van der Waals surface area contributed by atoms with Crippen LogP contribution < -0.4 is 5.32 Å². The molecular formula is C27H34N4O4. The Labute approximate surface area is 206 Å². The molecule has 2 aliphatic heterocycles. The van der Waals surface area contributed by atoms with Crippen molar-refractivity contribution in [3.05, 3.63) is 65.5 Å². The van der Waals surface area contributed by atoms with Gasteiger partial charge in [-0.05, 0) is 36.6 Å². The predicted molar refractivity (Wildman–Crippen MR) is 131 cm³/mol. The van der Waals surface area contributed by atoms with Gasteiger partial charge in [0, 0.05) is 56.9 Å². The van der Waals surface area contributed by atoms with E-state index in [9.17, 15) is 14.4 Å². The number of carbonyl (C=O) groups is 3. The molecule has 1 aromatic heterocycles. The van der Waals surface area contributed by atoms with Gasteiger partial charge in [0.25, 0.3) is 5.91 Å². The molecule has 0 saturated carbocycles. The highest BCUT2D eigenvalue weighted by atomic mass is 16.5. The van der Waals surface area contributed by atoms with Gasteiger partial charge in [-0.25, -0.2) is 0 Å². The summed E-state index contributed by atoms with van der Waals surface area (Å²) in [5, 5.41) is 2.94. The molecule has 2 fully saturated rings. The quantitative estimate of drug-likeness (QED) is 0.689. The van der Waals surface area contributed by atoms with E-state index < -0.39 is 11.8 Å². The first kappa shape index (κ1) is 24.9. The summed E-state index contributed by atoms with van der Waals surface area (Å²) in [6.07, 6.45) is 4.83. The SMILES string of the molecule is Cc1ccc(C(=O)N2C(C(=O)NCc3cccnc3)COC23CCN(C(=O)CC(C)C)CC3)cc1. The number of hydrogen-bond donors (Lipinski definition) is 1. The molecular weight excluding hydrogens is 444 g/mol. The molecule has 0 bridgehead atoms. The number of rotatable bonds is 6. The van der Waals surface area contributed by atoms with E-state index in [1.54, 1.807) is 29.4 Å². The molecule has 2 saturated heterocycles. The molecule has 1 N–H and O–H groups in total. The number of piperidine rings is 1. The van der Waals surface area contributed by atoms with Gasteiger partial charge in [-0.3, -0.25) is 24.3 Å². The fourth-order valence-electron chi connectivity index (χ4n) is 4.80. The van der Waals surface area contributed by atoms with Crippen LogP contribution in [0.1, 0.15) is 54.6 Å². The van der Waals surface area contributed by atoms with Crippen LogP contribution in [0.3, 0.4) is 0 Å². The molecule has 1 atom stereocenters. The predicted octanol–water partition coefficient (Wildman–Crippen LogP) is 2.91. The van der Waals surface area contributed by atoms with Crippen molar-refractivity contribution in [2.24, 2.45) is 5.92 Å². The van der Waals surface area contributed by atoms with Crippen molar-refractivity contribution in [3.63, 3.8) is 0 Å². The van der Waals surface area contributed by atoms with Crippen LogP contribution in [0.25, 0.3) is 0 Å². The molecule has 0 aliphatic carbocycles. The summed E-state index contributed by atoms with van der Waals surface area (Å²) in [5.41, 5.74) is 1.54. The molecule has 1 unspecified atom stereocenters. The molecule has 2 aliphatic rings. The van der Waals surface area contributed by atoms with E-state index in [-0.39, 0.29) is 30.2 Å². The number of likely N-dealkylation sites (tertiary alicyclic amines) is 1. The lowest BCUT2D eigenvalue weighted by Gasteiger charge is -2.44. The van der Waals surface area contributed by atoms with Crippen molar-refractivity contribution in [1.82, 2.24) is 20.1 Å². The molecule has 1 aromatic carbocycles. The van der Waals surface area contributed by atoms with Crippen molar-refractivity contribution in [3.8, 4) is 0 Å². The Bertz CT molecular complexity index is 1050. The van der Waals surface area contributed by atoms with E-state index in [2.05, 4.69) is 10.3 Å². The van der Waals surface area contributed by atoms with E-state index in [0.29, 0.717) is 44.5 Å². The highest BCUT2D eigenvalue weighted by Gasteiger charge is 2.54.